The highest BCUT2D eigenvalue weighted by Crippen LogP contribution is 2.25. The van der Waals surface area contributed by atoms with Gasteiger partial charge in [-0.1, -0.05) is 12.1 Å². The first kappa shape index (κ1) is 11.1. The van der Waals surface area contributed by atoms with Crippen LogP contribution in [0.1, 0.15) is 24.4 Å². The molecule has 1 aromatic rings. The zero-order chi connectivity index (χ0) is 11.5. The Morgan fingerprint density at radius 1 is 1.12 bits per heavy atom. The molecular formula is C14H20N2O. The largest absolute Gasteiger partial charge is 0.378 e. The molecule has 0 radical (unpaired) electrons. The third-order valence-electron chi connectivity index (χ3n) is 3.73. The Labute approximate surface area is 103 Å². The number of benzene rings is 1. The molecule has 1 N–H and O–H groups in total. The Morgan fingerprint density at radius 3 is 2.53 bits per heavy atom. The molecule has 1 aromatic carbocycles. The van der Waals surface area contributed by atoms with Gasteiger partial charge in [0.1, 0.15) is 0 Å². The molecule has 92 valence electrons. The van der Waals surface area contributed by atoms with Gasteiger partial charge in [0, 0.05) is 24.8 Å². The van der Waals surface area contributed by atoms with Crippen molar-refractivity contribution in [3.8, 4) is 0 Å². The molecule has 0 spiro atoms. The summed E-state index contributed by atoms with van der Waals surface area (Å²) in [6.45, 7) is 4.90. The van der Waals surface area contributed by atoms with E-state index in [0.717, 1.165) is 32.8 Å². The molecule has 0 aliphatic carbocycles. The molecule has 2 fully saturated rings. The minimum atomic E-state index is 0.578. The lowest BCUT2D eigenvalue weighted by Crippen LogP contribution is -2.36. The summed E-state index contributed by atoms with van der Waals surface area (Å²) >= 11 is 0. The maximum absolute atomic E-state index is 5.37. The zero-order valence-corrected chi connectivity index (χ0v) is 10.2. The third kappa shape index (κ3) is 2.45. The Morgan fingerprint density at radius 2 is 1.88 bits per heavy atom. The Balaban J connectivity index is 1.70. The molecule has 2 saturated heterocycles. The van der Waals surface area contributed by atoms with Gasteiger partial charge in [-0.15, -0.1) is 0 Å². The molecule has 3 rings (SSSR count). The van der Waals surface area contributed by atoms with Crippen LogP contribution in [0.2, 0.25) is 0 Å². The fraction of sp³-hybridized carbons (Fsp3) is 0.571. The van der Waals surface area contributed by atoms with E-state index in [1.54, 1.807) is 0 Å². The topological polar surface area (TPSA) is 24.5 Å². The van der Waals surface area contributed by atoms with Crippen LogP contribution in [-0.4, -0.2) is 32.8 Å². The number of hydrogen-bond acceptors (Lipinski definition) is 3. The van der Waals surface area contributed by atoms with Crippen LogP contribution in [0.25, 0.3) is 0 Å². The third-order valence-corrected chi connectivity index (χ3v) is 3.73. The van der Waals surface area contributed by atoms with Crippen molar-refractivity contribution < 1.29 is 4.74 Å². The summed E-state index contributed by atoms with van der Waals surface area (Å²) in [6, 6.07) is 9.62. The van der Waals surface area contributed by atoms with E-state index in [2.05, 4.69) is 34.5 Å². The molecule has 0 aromatic heterocycles. The molecule has 3 heteroatoms. The van der Waals surface area contributed by atoms with Crippen molar-refractivity contribution in [1.82, 2.24) is 5.32 Å². The molecule has 0 amide bonds. The molecule has 3 nitrogen and oxygen atoms in total. The van der Waals surface area contributed by atoms with Crippen LogP contribution >= 0.6 is 0 Å². The van der Waals surface area contributed by atoms with Gasteiger partial charge in [0.15, 0.2) is 0 Å². The van der Waals surface area contributed by atoms with Crippen LogP contribution in [0.5, 0.6) is 0 Å². The van der Waals surface area contributed by atoms with Crippen molar-refractivity contribution in [2.75, 3.05) is 37.7 Å². The Kier molecular flexibility index (Phi) is 3.29. The van der Waals surface area contributed by atoms with Gasteiger partial charge in [0.25, 0.3) is 0 Å². The number of hydrogen-bond donors (Lipinski definition) is 1. The number of ether oxygens (including phenoxy) is 1. The lowest BCUT2D eigenvalue weighted by atomic mass is 10.0. The van der Waals surface area contributed by atoms with Crippen LogP contribution in [0.15, 0.2) is 24.3 Å². The smallest absolute Gasteiger partial charge is 0.0642 e. The van der Waals surface area contributed by atoms with E-state index in [-0.39, 0.29) is 0 Å². The zero-order valence-electron chi connectivity index (χ0n) is 10.2. The van der Waals surface area contributed by atoms with Gasteiger partial charge in [-0.3, -0.25) is 0 Å². The van der Waals surface area contributed by atoms with E-state index in [4.69, 9.17) is 4.74 Å². The summed E-state index contributed by atoms with van der Waals surface area (Å²) < 4.78 is 5.37. The van der Waals surface area contributed by atoms with Gasteiger partial charge in [-0.05, 0) is 37.1 Å². The summed E-state index contributed by atoms with van der Waals surface area (Å²) in [5, 5.41) is 3.54. The average Bonchev–Trinajstić information content (AvgIpc) is 2.94. The van der Waals surface area contributed by atoms with E-state index in [0.29, 0.717) is 6.04 Å². The van der Waals surface area contributed by atoms with Crippen LogP contribution in [0, 0.1) is 0 Å². The normalized spacial score (nSPS) is 25.2. The van der Waals surface area contributed by atoms with Crippen LogP contribution < -0.4 is 10.2 Å². The molecule has 17 heavy (non-hydrogen) atoms. The van der Waals surface area contributed by atoms with Gasteiger partial charge < -0.3 is 15.0 Å². The van der Waals surface area contributed by atoms with Crippen molar-refractivity contribution in [2.45, 2.75) is 18.9 Å². The minimum absolute atomic E-state index is 0.578. The molecule has 2 aliphatic heterocycles. The second kappa shape index (κ2) is 5.07. The first-order valence-electron chi connectivity index (χ1n) is 6.59. The summed E-state index contributed by atoms with van der Waals surface area (Å²) in [6.07, 6.45) is 2.58. The van der Waals surface area contributed by atoms with Crippen molar-refractivity contribution in [3.63, 3.8) is 0 Å². The summed E-state index contributed by atoms with van der Waals surface area (Å²) in [5.41, 5.74) is 2.76. The predicted octanol–water partition coefficient (Wildman–Crippen LogP) is 1.95. The highest BCUT2D eigenvalue weighted by Gasteiger charge is 2.16. The lowest BCUT2D eigenvalue weighted by Gasteiger charge is -2.29. The summed E-state index contributed by atoms with van der Waals surface area (Å²) in [5.74, 6) is 0. The van der Waals surface area contributed by atoms with Gasteiger partial charge in [-0.25, -0.2) is 0 Å². The summed E-state index contributed by atoms with van der Waals surface area (Å²) in [7, 11) is 0. The van der Waals surface area contributed by atoms with Gasteiger partial charge >= 0.3 is 0 Å². The maximum atomic E-state index is 5.37. The van der Waals surface area contributed by atoms with Crippen LogP contribution in [0.3, 0.4) is 0 Å². The fourth-order valence-corrected chi connectivity index (χ4v) is 2.71. The van der Waals surface area contributed by atoms with Crippen LogP contribution in [-0.2, 0) is 4.74 Å². The standard InChI is InChI=1S/C14H20N2O/c1-2-14(15-7-1)12-3-5-13(6-4-12)16-8-10-17-11-9-16/h3-6,14-15H,1-2,7-11H2/t14-/m1/s1. The SMILES string of the molecule is c1cc(N2CCOCC2)ccc1[C@H]1CCCN1. The molecule has 0 unspecified atom stereocenters. The maximum Gasteiger partial charge on any atom is 0.0642 e. The molecule has 2 aliphatic rings. The van der Waals surface area contributed by atoms with Gasteiger partial charge in [0.2, 0.25) is 0 Å². The van der Waals surface area contributed by atoms with Crippen molar-refractivity contribution in [2.24, 2.45) is 0 Å². The summed E-state index contributed by atoms with van der Waals surface area (Å²) in [4.78, 5) is 2.40. The Hall–Kier alpha value is -1.06. The minimum Gasteiger partial charge on any atom is -0.378 e. The quantitative estimate of drug-likeness (QED) is 0.843. The average molecular weight is 232 g/mol. The second-order valence-corrected chi connectivity index (χ2v) is 4.84. The van der Waals surface area contributed by atoms with E-state index in [9.17, 15) is 0 Å². The molecule has 0 saturated carbocycles. The van der Waals surface area contributed by atoms with Crippen molar-refractivity contribution in [3.05, 3.63) is 29.8 Å². The van der Waals surface area contributed by atoms with E-state index < -0.39 is 0 Å². The predicted molar refractivity (Wildman–Crippen MR) is 69.5 cm³/mol. The van der Waals surface area contributed by atoms with Crippen molar-refractivity contribution in [1.29, 1.82) is 0 Å². The Bertz CT molecular complexity index is 351. The van der Waals surface area contributed by atoms with E-state index >= 15 is 0 Å². The van der Waals surface area contributed by atoms with Gasteiger partial charge in [-0.2, -0.15) is 0 Å². The molecule has 1 atom stereocenters. The highest BCUT2D eigenvalue weighted by molar-refractivity contribution is 5.48. The number of rotatable bonds is 2. The van der Waals surface area contributed by atoms with Crippen LogP contribution in [0.4, 0.5) is 5.69 Å². The number of nitrogens with zero attached hydrogens (tertiary/aromatic N) is 1. The molecule has 2 heterocycles. The lowest BCUT2D eigenvalue weighted by molar-refractivity contribution is 0.122. The fourth-order valence-electron chi connectivity index (χ4n) is 2.71. The number of nitrogens with one attached hydrogen (secondary N) is 1. The van der Waals surface area contributed by atoms with E-state index in [1.807, 2.05) is 0 Å². The first-order chi connectivity index (χ1) is 8.43. The number of morpholine rings is 1. The second-order valence-electron chi connectivity index (χ2n) is 4.84. The number of anilines is 1. The monoisotopic (exact) mass is 232 g/mol. The van der Waals surface area contributed by atoms with Crippen molar-refractivity contribution >= 4 is 5.69 Å². The highest BCUT2D eigenvalue weighted by atomic mass is 16.5. The first-order valence-corrected chi connectivity index (χ1v) is 6.59. The van der Waals surface area contributed by atoms with E-state index in [1.165, 1.54) is 24.1 Å². The molecular weight excluding hydrogens is 212 g/mol. The molecule has 0 bridgehead atoms. The van der Waals surface area contributed by atoms with Gasteiger partial charge in [0.05, 0.1) is 13.2 Å².